The lowest BCUT2D eigenvalue weighted by Crippen LogP contribution is -2.01. The number of rotatable bonds is 6. The van der Waals surface area contributed by atoms with Gasteiger partial charge >= 0.3 is 0 Å². The van der Waals surface area contributed by atoms with Gasteiger partial charge in [0.15, 0.2) is 0 Å². The molecule has 0 aliphatic heterocycles. The summed E-state index contributed by atoms with van der Waals surface area (Å²) in [7, 11) is 1.87. The molecule has 68 valence electrons. The van der Waals surface area contributed by atoms with E-state index in [-0.39, 0.29) is 0 Å². The van der Waals surface area contributed by atoms with E-state index in [4.69, 9.17) is 4.74 Å². The molecule has 0 amide bonds. The number of nitrogens with one attached hydrogen (secondary N) is 1. The molecule has 1 N–H and O–H groups in total. The first-order valence-corrected chi connectivity index (χ1v) is 4.03. The maximum Gasteiger partial charge on any atom is 0.112 e. The van der Waals surface area contributed by atoms with Crippen molar-refractivity contribution < 1.29 is 4.74 Å². The molecule has 0 aromatic heterocycles. The van der Waals surface area contributed by atoms with Crippen molar-refractivity contribution in [1.82, 2.24) is 5.32 Å². The predicted molar refractivity (Wildman–Crippen MR) is 52.7 cm³/mol. The Morgan fingerprint density at radius 2 is 2.25 bits per heavy atom. The summed E-state index contributed by atoms with van der Waals surface area (Å²) in [5, 5.41) is 2.96. The van der Waals surface area contributed by atoms with Crippen molar-refractivity contribution in [3.63, 3.8) is 0 Å². The van der Waals surface area contributed by atoms with Crippen LogP contribution in [-0.2, 0) is 4.74 Å². The van der Waals surface area contributed by atoms with Gasteiger partial charge in [-0.25, -0.2) is 0 Å². The molecule has 0 saturated heterocycles. The molecule has 0 saturated carbocycles. The van der Waals surface area contributed by atoms with Gasteiger partial charge in [0.1, 0.15) is 12.4 Å². The maximum atomic E-state index is 5.28. The summed E-state index contributed by atoms with van der Waals surface area (Å²) in [6, 6.07) is 0. The van der Waals surface area contributed by atoms with Crippen LogP contribution in [0.25, 0.3) is 0 Å². The standard InChI is InChI=1S/C10H17NO/c1-5-9(3)12-8-10(6-2)7-11-4/h5,7,11H,1,3,6,8H2,2,4H3/b10-7+. The second-order valence-electron chi connectivity index (χ2n) is 2.40. The Morgan fingerprint density at radius 3 is 2.67 bits per heavy atom. The number of allylic oxidation sites excluding steroid dienone is 1. The van der Waals surface area contributed by atoms with E-state index in [1.54, 1.807) is 6.08 Å². The molecule has 0 unspecified atom stereocenters. The van der Waals surface area contributed by atoms with Crippen molar-refractivity contribution >= 4 is 0 Å². The molecule has 0 heterocycles. The molecule has 0 rings (SSSR count). The second kappa shape index (κ2) is 6.53. The lowest BCUT2D eigenvalue weighted by atomic mass is 10.2. The molecule has 0 aliphatic rings. The molecule has 0 aliphatic carbocycles. The van der Waals surface area contributed by atoms with E-state index in [0.29, 0.717) is 12.4 Å². The van der Waals surface area contributed by atoms with Crippen LogP contribution in [0.3, 0.4) is 0 Å². The maximum absolute atomic E-state index is 5.28. The first kappa shape index (κ1) is 10.8. The van der Waals surface area contributed by atoms with Crippen LogP contribution in [0.1, 0.15) is 13.3 Å². The zero-order chi connectivity index (χ0) is 9.40. The third kappa shape index (κ3) is 4.61. The van der Waals surface area contributed by atoms with Crippen LogP contribution in [0, 0.1) is 0 Å². The van der Waals surface area contributed by atoms with Crippen molar-refractivity contribution in [2.24, 2.45) is 0 Å². The SMILES string of the molecule is C=CC(=C)OC/C(=C/NC)CC. The van der Waals surface area contributed by atoms with Crippen molar-refractivity contribution in [3.05, 3.63) is 36.8 Å². The summed E-state index contributed by atoms with van der Waals surface area (Å²) < 4.78 is 5.28. The van der Waals surface area contributed by atoms with Gasteiger partial charge in [-0.1, -0.05) is 20.1 Å². The summed E-state index contributed by atoms with van der Waals surface area (Å²) in [6.45, 7) is 9.87. The molecule has 0 aromatic rings. The highest BCUT2D eigenvalue weighted by molar-refractivity contribution is 5.06. The van der Waals surface area contributed by atoms with E-state index in [1.165, 1.54) is 5.57 Å². The molecule has 0 bridgehead atoms. The van der Waals surface area contributed by atoms with Crippen LogP contribution in [0.15, 0.2) is 36.8 Å². The highest BCUT2D eigenvalue weighted by Gasteiger charge is 1.94. The van der Waals surface area contributed by atoms with E-state index < -0.39 is 0 Å². The molecule has 2 nitrogen and oxygen atoms in total. The van der Waals surface area contributed by atoms with Gasteiger partial charge in [0.05, 0.1) is 0 Å². The van der Waals surface area contributed by atoms with E-state index in [2.05, 4.69) is 25.4 Å². The molecule has 0 spiro atoms. The van der Waals surface area contributed by atoms with Gasteiger partial charge in [-0.3, -0.25) is 0 Å². The van der Waals surface area contributed by atoms with Gasteiger partial charge in [0, 0.05) is 7.05 Å². The average molecular weight is 167 g/mol. The normalized spacial score (nSPS) is 10.7. The summed E-state index contributed by atoms with van der Waals surface area (Å²) in [4.78, 5) is 0. The van der Waals surface area contributed by atoms with E-state index >= 15 is 0 Å². The van der Waals surface area contributed by atoms with Gasteiger partial charge in [-0.2, -0.15) is 0 Å². The zero-order valence-corrected chi connectivity index (χ0v) is 7.89. The largest absolute Gasteiger partial charge is 0.490 e. The third-order valence-electron chi connectivity index (χ3n) is 1.47. The lowest BCUT2D eigenvalue weighted by Gasteiger charge is -2.07. The summed E-state index contributed by atoms with van der Waals surface area (Å²) >= 11 is 0. The molecule has 0 aromatic carbocycles. The Morgan fingerprint density at radius 1 is 1.58 bits per heavy atom. The van der Waals surface area contributed by atoms with E-state index in [1.807, 2.05) is 13.2 Å². The highest BCUT2D eigenvalue weighted by Crippen LogP contribution is 2.03. The summed E-state index contributed by atoms with van der Waals surface area (Å²) in [5.74, 6) is 0.616. The minimum absolute atomic E-state index is 0.586. The van der Waals surface area contributed by atoms with Gasteiger partial charge < -0.3 is 10.1 Å². The van der Waals surface area contributed by atoms with Crippen molar-refractivity contribution in [2.75, 3.05) is 13.7 Å². The van der Waals surface area contributed by atoms with Crippen LogP contribution in [0.5, 0.6) is 0 Å². The minimum atomic E-state index is 0.586. The minimum Gasteiger partial charge on any atom is -0.490 e. The van der Waals surface area contributed by atoms with Gasteiger partial charge in [0.2, 0.25) is 0 Å². The summed E-state index contributed by atoms with van der Waals surface area (Å²) in [5.41, 5.74) is 1.21. The lowest BCUT2D eigenvalue weighted by molar-refractivity contribution is 0.252. The fourth-order valence-corrected chi connectivity index (χ4v) is 0.694. The highest BCUT2D eigenvalue weighted by atomic mass is 16.5. The van der Waals surface area contributed by atoms with Gasteiger partial charge in [-0.15, -0.1) is 0 Å². The van der Waals surface area contributed by atoms with Crippen molar-refractivity contribution in [3.8, 4) is 0 Å². The fraction of sp³-hybridized carbons (Fsp3) is 0.400. The Kier molecular flexibility index (Phi) is 5.88. The third-order valence-corrected chi connectivity index (χ3v) is 1.47. The Hall–Kier alpha value is -1.18. The fourth-order valence-electron chi connectivity index (χ4n) is 0.694. The number of hydrogen-bond acceptors (Lipinski definition) is 2. The van der Waals surface area contributed by atoms with Crippen LogP contribution < -0.4 is 5.32 Å². The number of ether oxygens (including phenoxy) is 1. The number of hydrogen-bond donors (Lipinski definition) is 1. The summed E-state index contributed by atoms with van der Waals surface area (Å²) in [6.07, 6.45) is 4.52. The molecule has 12 heavy (non-hydrogen) atoms. The van der Waals surface area contributed by atoms with E-state index in [9.17, 15) is 0 Å². The average Bonchev–Trinajstić information content (AvgIpc) is 2.11. The van der Waals surface area contributed by atoms with Crippen LogP contribution in [0.2, 0.25) is 0 Å². The smallest absolute Gasteiger partial charge is 0.112 e. The first-order chi connectivity index (χ1) is 5.74. The Bertz CT molecular complexity index is 182. The Labute approximate surface area is 74.6 Å². The van der Waals surface area contributed by atoms with Crippen LogP contribution in [-0.4, -0.2) is 13.7 Å². The monoisotopic (exact) mass is 167 g/mol. The topological polar surface area (TPSA) is 21.3 Å². The van der Waals surface area contributed by atoms with Crippen LogP contribution in [0.4, 0.5) is 0 Å². The van der Waals surface area contributed by atoms with Crippen molar-refractivity contribution in [2.45, 2.75) is 13.3 Å². The molecular weight excluding hydrogens is 150 g/mol. The zero-order valence-electron chi connectivity index (χ0n) is 7.89. The molecule has 2 heteroatoms. The van der Waals surface area contributed by atoms with E-state index in [0.717, 1.165) is 6.42 Å². The molecular formula is C10H17NO. The van der Waals surface area contributed by atoms with Gasteiger partial charge in [-0.05, 0) is 24.3 Å². The molecule has 0 fully saturated rings. The van der Waals surface area contributed by atoms with Gasteiger partial charge in [0.25, 0.3) is 0 Å². The van der Waals surface area contributed by atoms with Crippen LogP contribution >= 0.6 is 0 Å². The molecule has 0 radical (unpaired) electrons. The first-order valence-electron chi connectivity index (χ1n) is 4.03. The predicted octanol–water partition coefficient (Wildman–Crippen LogP) is 2.22. The van der Waals surface area contributed by atoms with Crippen molar-refractivity contribution in [1.29, 1.82) is 0 Å². The quantitative estimate of drug-likeness (QED) is 0.484. The second-order valence-corrected chi connectivity index (χ2v) is 2.40. The molecule has 0 atom stereocenters. The Balaban J connectivity index is 3.80.